The standard InChI is InChI=1S/C11H19NO3/c1-10(2,3)15-9(14)12-8-5-11(4,6-8)7-13/h7-8H,5-6H2,1-4H3,(H,12,14). The van der Waals surface area contributed by atoms with E-state index in [0.29, 0.717) is 12.8 Å². The number of carbonyl (C=O) groups is 2. The predicted molar refractivity (Wildman–Crippen MR) is 56.6 cm³/mol. The van der Waals surface area contributed by atoms with Crippen LogP contribution in [0.1, 0.15) is 40.5 Å². The van der Waals surface area contributed by atoms with Crippen molar-refractivity contribution >= 4 is 12.4 Å². The Labute approximate surface area is 90.4 Å². The minimum atomic E-state index is -0.470. The minimum Gasteiger partial charge on any atom is -0.444 e. The summed E-state index contributed by atoms with van der Waals surface area (Å²) in [7, 11) is 0. The van der Waals surface area contributed by atoms with Crippen molar-refractivity contribution in [3.8, 4) is 0 Å². The molecule has 1 fully saturated rings. The number of hydrogen-bond acceptors (Lipinski definition) is 3. The van der Waals surface area contributed by atoms with E-state index >= 15 is 0 Å². The SMILES string of the molecule is CC1(C=O)CC(NC(=O)OC(C)(C)C)C1. The summed E-state index contributed by atoms with van der Waals surface area (Å²) < 4.78 is 5.11. The number of rotatable bonds is 2. The summed E-state index contributed by atoms with van der Waals surface area (Å²) in [4.78, 5) is 22.0. The quantitative estimate of drug-likeness (QED) is 0.712. The second-order valence-corrected chi connectivity index (χ2v) is 5.52. The van der Waals surface area contributed by atoms with Crippen molar-refractivity contribution in [3.05, 3.63) is 0 Å². The van der Waals surface area contributed by atoms with Crippen molar-refractivity contribution in [2.24, 2.45) is 5.41 Å². The highest BCUT2D eigenvalue weighted by molar-refractivity contribution is 5.69. The first kappa shape index (κ1) is 12.0. The molecule has 1 saturated carbocycles. The third kappa shape index (κ3) is 3.53. The molecule has 15 heavy (non-hydrogen) atoms. The van der Waals surface area contributed by atoms with Gasteiger partial charge < -0.3 is 14.8 Å². The van der Waals surface area contributed by atoms with Gasteiger partial charge in [-0.15, -0.1) is 0 Å². The molecule has 0 atom stereocenters. The molecular weight excluding hydrogens is 194 g/mol. The molecule has 4 nitrogen and oxygen atoms in total. The lowest BCUT2D eigenvalue weighted by molar-refractivity contribution is -0.120. The van der Waals surface area contributed by atoms with E-state index in [1.165, 1.54) is 0 Å². The summed E-state index contributed by atoms with van der Waals surface area (Å²) in [6.45, 7) is 7.36. The Bertz CT molecular complexity index is 261. The van der Waals surface area contributed by atoms with Crippen LogP contribution in [0.4, 0.5) is 4.79 Å². The largest absolute Gasteiger partial charge is 0.444 e. The van der Waals surface area contributed by atoms with Crippen LogP contribution in [0.15, 0.2) is 0 Å². The first-order valence-corrected chi connectivity index (χ1v) is 5.20. The summed E-state index contributed by atoms with van der Waals surface area (Å²) in [6, 6.07) is 0.0787. The molecule has 0 bridgehead atoms. The van der Waals surface area contributed by atoms with Crippen LogP contribution in [0.5, 0.6) is 0 Å². The number of ether oxygens (including phenoxy) is 1. The molecule has 0 radical (unpaired) electrons. The second-order valence-electron chi connectivity index (χ2n) is 5.52. The summed E-state index contributed by atoms with van der Waals surface area (Å²) >= 11 is 0. The molecule has 86 valence electrons. The van der Waals surface area contributed by atoms with Gasteiger partial charge in [0.05, 0.1) is 0 Å². The van der Waals surface area contributed by atoms with Crippen LogP contribution in [-0.4, -0.2) is 24.0 Å². The van der Waals surface area contributed by atoms with E-state index in [1.54, 1.807) is 0 Å². The maximum atomic E-state index is 11.3. The summed E-state index contributed by atoms with van der Waals surface area (Å²) in [5.74, 6) is 0. The van der Waals surface area contributed by atoms with E-state index in [4.69, 9.17) is 4.74 Å². The second kappa shape index (κ2) is 3.83. The Kier molecular flexibility index (Phi) is 3.07. The van der Waals surface area contributed by atoms with Gasteiger partial charge in [0.1, 0.15) is 11.9 Å². The van der Waals surface area contributed by atoms with Gasteiger partial charge in [0.2, 0.25) is 0 Å². The Morgan fingerprint density at radius 1 is 1.47 bits per heavy atom. The average Bonchev–Trinajstić information content (AvgIpc) is 1.97. The fourth-order valence-corrected chi connectivity index (χ4v) is 1.74. The van der Waals surface area contributed by atoms with Gasteiger partial charge in [0.15, 0.2) is 0 Å². The third-order valence-corrected chi connectivity index (χ3v) is 2.43. The molecule has 0 aromatic carbocycles. The lowest BCUT2D eigenvalue weighted by Gasteiger charge is -2.41. The summed E-state index contributed by atoms with van der Waals surface area (Å²) in [5, 5.41) is 2.74. The molecule has 1 aliphatic carbocycles. The Morgan fingerprint density at radius 3 is 2.40 bits per heavy atom. The van der Waals surface area contributed by atoms with Crippen LogP contribution in [0, 0.1) is 5.41 Å². The van der Waals surface area contributed by atoms with E-state index in [-0.39, 0.29) is 11.5 Å². The molecule has 1 amide bonds. The fourth-order valence-electron chi connectivity index (χ4n) is 1.74. The monoisotopic (exact) mass is 213 g/mol. The Balaban J connectivity index is 2.28. The van der Waals surface area contributed by atoms with Crippen molar-refractivity contribution in [2.75, 3.05) is 0 Å². The number of carbonyl (C=O) groups excluding carboxylic acids is 2. The van der Waals surface area contributed by atoms with Gasteiger partial charge in [0.25, 0.3) is 0 Å². The molecule has 0 saturated heterocycles. The van der Waals surface area contributed by atoms with Crippen LogP contribution < -0.4 is 5.32 Å². The topological polar surface area (TPSA) is 55.4 Å². The summed E-state index contributed by atoms with van der Waals surface area (Å²) in [5.41, 5.74) is -0.721. The number of amides is 1. The van der Waals surface area contributed by atoms with E-state index < -0.39 is 11.7 Å². The zero-order valence-corrected chi connectivity index (χ0v) is 9.79. The van der Waals surface area contributed by atoms with Gasteiger partial charge in [-0.05, 0) is 33.6 Å². The maximum absolute atomic E-state index is 11.3. The van der Waals surface area contributed by atoms with Crippen LogP contribution in [0.25, 0.3) is 0 Å². The number of aldehydes is 1. The van der Waals surface area contributed by atoms with E-state index in [0.717, 1.165) is 6.29 Å². The Morgan fingerprint density at radius 2 is 2.00 bits per heavy atom. The first-order valence-electron chi connectivity index (χ1n) is 5.20. The minimum absolute atomic E-state index is 0.0787. The van der Waals surface area contributed by atoms with Gasteiger partial charge in [0, 0.05) is 11.5 Å². The normalized spacial score (nSPS) is 30.3. The lowest BCUT2D eigenvalue weighted by Crippen LogP contribution is -2.51. The van der Waals surface area contributed by atoms with Crippen LogP contribution in [-0.2, 0) is 9.53 Å². The van der Waals surface area contributed by atoms with Crippen molar-refractivity contribution in [1.82, 2.24) is 5.32 Å². The first-order chi connectivity index (χ1) is 6.74. The number of hydrogen-bond donors (Lipinski definition) is 1. The highest BCUT2D eigenvalue weighted by Crippen LogP contribution is 2.38. The van der Waals surface area contributed by atoms with Gasteiger partial charge in [-0.3, -0.25) is 0 Å². The number of nitrogens with one attached hydrogen (secondary N) is 1. The van der Waals surface area contributed by atoms with Gasteiger partial charge in [-0.2, -0.15) is 0 Å². The van der Waals surface area contributed by atoms with Crippen LogP contribution >= 0.6 is 0 Å². The molecular formula is C11H19NO3. The third-order valence-electron chi connectivity index (χ3n) is 2.43. The highest BCUT2D eigenvalue weighted by Gasteiger charge is 2.41. The van der Waals surface area contributed by atoms with Crippen LogP contribution in [0.3, 0.4) is 0 Å². The average molecular weight is 213 g/mol. The van der Waals surface area contributed by atoms with Crippen molar-refractivity contribution < 1.29 is 14.3 Å². The zero-order chi connectivity index (χ0) is 11.7. The van der Waals surface area contributed by atoms with Crippen molar-refractivity contribution in [3.63, 3.8) is 0 Å². The van der Waals surface area contributed by atoms with E-state index in [9.17, 15) is 9.59 Å². The molecule has 0 aromatic rings. The van der Waals surface area contributed by atoms with Crippen molar-refractivity contribution in [2.45, 2.75) is 52.2 Å². The lowest BCUT2D eigenvalue weighted by atomic mass is 9.68. The molecule has 0 aromatic heterocycles. The zero-order valence-electron chi connectivity index (χ0n) is 9.79. The highest BCUT2D eigenvalue weighted by atomic mass is 16.6. The molecule has 0 unspecified atom stereocenters. The number of alkyl carbamates (subject to hydrolysis) is 1. The van der Waals surface area contributed by atoms with Crippen LogP contribution in [0.2, 0.25) is 0 Å². The maximum Gasteiger partial charge on any atom is 0.407 e. The summed E-state index contributed by atoms with van der Waals surface area (Å²) in [6.07, 6.45) is 1.96. The molecule has 1 rings (SSSR count). The van der Waals surface area contributed by atoms with Gasteiger partial charge in [-0.25, -0.2) is 4.79 Å². The van der Waals surface area contributed by atoms with Gasteiger partial charge >= 0.3 is 6.09 Å². The molecule has 1 N–H and O–H groups in total. The molecule has 0 aliphatic heterocycles. The van der Waals surface area contributed by atoms with Crippen molar-refractivity contribution in [1.29, 1.82) is 0 Å². The predicted octanol–water partition coefficient (Wildman–Crippen LogP) is 1.88. The molecule has 0 spiro atoms. The van der Waals surface area contributed by atoms with E-state index in [2.05, 4.69) is 5.32 Å². The molecule has 4 heteroatoms. The molecule has 0 heterocycles. The van der Waals surface area contributed by atoms with Gasteiger partial charge in [-0.1, -0.05) is 6.92 Å². The Hall–Kier alpha value is -1.06. The fraction of sp³-hybridized carbons (Fsp3) is 0.818. The smallest absolute Gasteiger partial charge is 0.407 e. The molecule has 1 aliphatic rings. The van der Waals surface area contributed by atoms with E-state index in [1.807, 2.05) is 27.7 Å².